The Hall–Kier alpha value is 0.712. The van der Waals surface area contributed by atoms with Crippen LogP contribution in [0.15, 0.2) is 0 Å². The van der Waals surface area contributed by atoms with Crippen LogP contribution in [0.1, 0.15) is 159 Å². The van der Waals surface area contributed by atoms with Crippen molar-refractivity contribution in [1.82, 2.24) is 0 Å². The Morgan fingerprint density at radius 1 is 0.400 bits per heavy atom. The molecule has 6 nitrogen and oxygen atoms in total. The molecule has 0 aromatic rings. The van der Waals surface area contributed by atoms with E-state index in [9.17, 15) is 28.4 Å². The van der Waals surface area contributed by atoms with Gasteiger partial charge < -0.3 is 14.7 Å². The van der Waals surface area contributed by atoms with E-state index in [4.69, 9.17) is 0 Å². The molecule has 0 aliphatic heterocycles. The quantitative estimate of drug-likeness (QED) is 0.0914. The molecular weight excluding hydrogens is 576 g/mol. The minimum atomic E-state index is -2.17. The first-order valence-electron chi connectivity index (χ1n) is 15.7. The van der Waals surface area contributed by atoms with Gasteiger partial charge in [0.1, 0.15) is 18.5 Å². The Morgan fingerprint density at radius 3 is 0.650 bits per heavy atom. The average molecular weight is 640 g/mol. The third-order valence-electron chi connectivity index (χ3n) is 9.89. The van der Waals surface area contributed by atoms with Crippen LogP contribution in [0.5, 0.6) is 0 Å². The van der Waals surface area contributed by atoms with Crippen LogP contribution in [-0.2, 0) is 13.7 Å². The maximum absolute atomic E-state index is 10.4. The monoisotopic (exact) mass is 639 g/mol. The van der Waals surface area contributed by atoms with Crippen molar-refractivity contribution in [2.75, 3.05) is 18.5 Å². The van der Waals surface area contributed by atoms with Crippen molar-refractivity contribution in [3.05, 3.63) is 0 Å². The minimum Gasteiger partial charge on any atom is -0.596 e. The van der Waals surface area contributed by atoms with E-state index in [-0.39, 0.29) is 17.4 Å². The second-order valence-electron chi connectivity index (χ2n) is 11.2. The summed E-state index contributed by atoms with van der Waals surface area (Å²) in [4.78, 5) is 31.2. The van der Waals surface area contributed by atoms with Gasteiger partial charge in [0.15, 0.2) is 0 Å². The summed E-state index contributed by atoms with van der Waals surface area (Å²) < 4.78 is 31.2. The van der Waals surface area contributed by atoms with E-state index in [2.05, 4.69) is 62.3 Å². The maximum atomic E-state index is 10.4. The van der Waals surface area contributed by atoms with Crippen molar-refractivity contribution in [3.63, 3.8) is 0 Å². The molecule has 0 rings (SSSR count). The molecule has 0 radical (unpaired) electrons. The number of hydrogen-bond acceptors (Lipinski definition) is 6. The van der Waals surface area contributed by atoms with Crippen LogP contribution in [-0.4, -0.2) is 35.8 Å². The minimum absolute atomic E-state index is 0. The molecule has 0 heterocycles. The molecule has 0 aromatic carbocycles. The molecule has 3 unspecified atom stereocenters. The summed E-state index contributed by atoms with van der Waals surface area (Å²) in [5.74, 6) is 0. The van der Waals surface area contributed by atoms with Gasteiger partial charge in [-0.2, -0.15) is 0 Å². The zero-order valence-electron chi connectivity index (χ0n) is 27.6. The first-order chi connectivity index (χ1) is 18.3. The van der Waals surface area contributed by atoms with E-state index in [0.29, 0.717) is 34.7 Å². The first-order valence-corrected chi connectivity index (χ1v) is 19.7. The van der Waals surface area contributed by atoms with Gasteiger partial charge in [0.2, 0.25) is 0 Å². The predicted octanol–water partition coefficient (Wildman–Crippen LogP) is 8.88. The number of rotatable bonds is 21. The average Bonchev–Trinajstić information content (AvgIpc) is 2.93. The van der Waals surface area contributed by atoms with Crippen LogP contribution in [0.3, 0.4) is 0 Å². The fourth-order valence-electron chi connectivity index (χ4n) is 5.59. The van der Waals surface area contributed by atoms with Gasteiger partial charge in [-0.05, 0) is 54.8 Å². The number of hydrogen-bond donors (Lipinski definition) is 0. The molecule has 40 heavy (non-hydrogen) atoms. The first kappa shape index (κ1) is 47.6. The third-order valence-corrected chi connectivity index (χ3v) is 11.9. The topological polar surface area (TPSA) is 120 Å². The summed E-state index contributed by atoms with van der Waals surface area (Å²) in [6.45, 7) is 19.8. The van der Waals surface area contributed by atoms with E-state index >= 15 is 0 Å². The summed E-state index contributed by atoms with van der Waals surface area (Å²) in [6, 6.07) is 0. The van der Waals surface area contributed by atoms with E-state index in [0.717, 1.165) is 96.3 Å². The van der Waals surface area contributed by atoms with Gasteiger partial charge in [0.05, 0.1) is 0 Å². The fourth-order valence-corrected chi connectivity index (χ4v) is 6.84. The standard InChI is InChI=1S/3C10H21O2P.Al/c3*1-4-10(5-2,6-3)8-7-9-13(11)12;/h3*4-9H2,1-3H3;/q;;;+3. The summed E-state index contributed by atoms with van der Waals surface area (Å²) in [5.41, 5.74) is 1.18. The molecule has 0 bridgehead atoms. The Balaban J connectivity index is -0.000000240. The Kier molecular flexibility index (Phi) is 33.9. The maximum Gasteiger partial charge on any atom is 3.00 e. The molecule has 0 aliphatic carbocycles. The molecular formula is C30H63AlO6P3+3. The van der Waals surface area contributed by atoms with Crippen molar-refractivity contribution < 1.29 is 28.4 Å². The largest absolute Gasteiger partial charge is 3.00 e. The van der Waals surface area contributed by atoms with Gasteiger partial charge in [-0.15, -0.1) is 0 Å². The van der Waals surface area contributed by atoms with Gasteiger partial charge in [-0.25, -0.2) is 0 Å². The van der Waals surface area contributed by atoms with Crippen molar-refractivity contribution in [3.8, 4) is 0 Å². The van der Waals surface area contributed by atoms with Gasteiger partial charge in [0.25, 0.3) is 0 Å². The molecule has 0 saturated carbocycles. The van der Waals surface area contributed by atoms with Gasteiger partial charge in [-0.1, -0.05) is 134 Å². The van der Waals surface area contributed by atoms with E-state index in [1.807, 2.05) is 0 Å². The van der Waals surface area contributed by atoms with Crippen LogP contribution in [0, 0.1) is 16.2 Å². The zero-order chi connectivity index (χ0) is 31.0. The van der Waals surface area contributed by atoms with Crippen LogP contribution < -0.4 is 14.7 Å². The smallest absolute Gasteiger partial charge is 0.596 e. The Labute approximate surface area is 262 Å². The van der Waals surface area contributed by atoms with E-state index in [1.165, 1.54) is 0 Å². The Bertz CT molecular complexity index is 527. The predicted molar refractivity (Wildman–Crippen MR) is 171 cm³/mol. The molecule has 0 amide bonds. The van der Waals surface area contributed by atoms with Gasteiger partial charge >= 0.3 is 41.4 Å². The van der Waals surface area contributed by atoms with E-state index in [1.54, 1.807) is 0 Å². The van der Waals surface area contributed by atoms with Crippen LogP contribution in [0.25, 0.3) is 0 Å². The summed E-state index contributed by atoms with van der Waals surface area (Å²) in [6.07, 6.45) is 17.2. The SMILES string of the molecule is CCC(CC)(CC)CCC[P+](=O)[O-].CCC(CC)(CC)CCC[P+](=O)[O-].CCC(CC)(CC)CCC[P+](=O)[O-].[Al+3]. The summed E-state index contributed by atoms with van der Waals surface area (Å²) >= 11 is 0. The second kappa shape index (κ2) is 28.5. The third kappa shape index (κ3) is 23.2. The molecule has 0 aromatic heterocycles. The normalized spacial score (nSPS) is 12.8. The molecule has 3 atom stereocenters. The van der Waals surface area contributed by atoms with Crippen LogP contribution in [0.4, 0.5) is 0 Å². The van der Waals surface area contributed by atoms with Crippen molar-refractivity contribution in [2.24, 2.45) is 16.2 Å². The Morgan fingerprint density at radius 2 is 0.550 bits per heavy atom. The molecule has 0 aliphatic rings. The van der Waals surface area contributed by atoms with Crippen molar-refractivity contribution in [1.29, 1.82) is 0 Å². The zero-order valence-corrected chi connectivity index (χ0v) is 31.4. The second-order valence-corrected chi connectivity index (χ2v) is 14.5. The summed E-state index contributed by atoms with van der Waals surface area (Å²) in [7, 11) is -6.51. The molecule has 10 heteroatoms. The fraction of sp³-hybridized carbons (Fsp3) is 1.00. The van der Waals surface area contributed by atoms with Crippen LogP contribution >= 0.6 is 24.1 Å². The molecule has 0 saturated heterocycles. The van der Waals surface area contributed by atoms with Gasteiger partial charge in [-0.3, -0.25) is 0 Å². The molecule has 0 fully saturated rings. The molecule has 0 spiro atoms. The van der Waals surface area contributed by atoms with Crippen molar-refractivity contribution >= 4 is 41.4 Å². The molecule has 234 valence electrons. The van der Waals surface area contributed by atoms with Crippen LogP contribution in [0.2, 0.25) is 0 Å². The van der Waals surface area contributed by atoms with E-state index < -0.39 is 24.1 Å². The molecule has 0 N–H and O–H groups in total. The summed E-state index contributed by atoms with van der Waals surface area (Å²) in [5, 5.41) is 0. The van der Waals surface area contributed by atoms with Crippen molar-refractivity contribution in [2.45, 2.75) is 159 Å². The van der Waals surface area contributed by atoms with Gasteiger partial charge in [0, 0.05) is 0 Å².